The number of nitrogens with zero attached hydrogens (tertiary/aromatic N) is 1. The van der Waals surface area contributed by atoms with E-state index in [1.165, 1.54) is 6.92 Å². The topological polar surface area (TPSA) is 66.5 Å². The van der Waals surface area contributed by atoms with Crippen molar-refractivity contribution in [3.05, 3.63) is 35.4 Å². The summed E-state index contributed by atoms with van der Waals surface area (Å²) in [7, 11) is 3.28. The zero-order chi connectivity index (χ0) is 15.1. The van der Waals surface area contributed by atoms with Gasteiger partial charge in [-0.25, -0.2) is 0 Å². The Morgan fingerprint density at radius 1 is 1.10 bits per heavy atom. The maximum absolute atomic E-state index is 11.8. The monoisotopic (exact) mass is 276 g/mol. The van der Waals surface area contributed by atoms with E-state index in [0.29, 0.717) is 12.1 Å². The van der Waals surface area contributed by atoms with Crippen molar-refractivity contribution < 1.29 is 14.4 Å². The number of ketones is 1. The second kappa shape index (κ2) is 7.43. The molecule has 0 saturated carbocycles. The van der Waals surface area contributed by atoms with E-state index in [2.05, 4.69) is 5.32 Å². The van der Waals surface area contributed by atoms with Crippen LogP contribution in [0.4, 0.5) is 0 Å². The number of benzene rings is 1. The van der Waals surface area contributed by atoms with E-state index in [-0.39, 0.29) is 30.4 Å². The highest BCUT2D eigenvalue weighted by atomic mass is 16.2. The average molecular weight is 276 g/mol. The van der Waals surface area contributed by atoms with Gasteiger partial charge in [0.05, 0.1) is 0 Å². The summed E-state index contributed by atoms with van der Waals surface area (Å²) in [6, 6.07) is 7.09. The first kappa shape index (κ1) is 15.9. The zero-order valence-corrected chi connectivity index (χ0v) is 12.1. The van der Waals surface area contributed by atoms with Gasteiger partial charge in [0.25, 0.3) is 5.91 Å². The van der Waals surface area contributed by atoms with Crippen LogP contribution in [0.25, 0.3) is 0 Å². The number of amides is 2. The molecule has 5 nitrogen and oxygen atoms in total. The lowest BCUT2D eigenvalue weighted by atomic mass is 10.1. The summed E-state index contributed by atoms with van der Waals surface area (Å²) in [4.78, 5) is 35.6. The predicted molar refractivity (Wildman–Crippen MR) is 76.2 cm³/mol. The molecular formula is C15H20N2O3. The molecule has 20 heavy (non-hydrogen) atoms. The molecule has 1 rings (SSSR count). The molecule has 0 fully saturated rings. The van der Waals surface area contributed by atoms with Gasteiger partial charge in [0.1, 0.15) is 5.78 Å². The molecule has 5 heteroatoms. The lowest BCUT2D eigenvalue weighted by Gasteiger charge is -2.17. The number of nitrogens with one attached hydrogen (secondary N) is 1. The number of carbonyl (C=O) groups excluding carboxylic acids is 3. The molecule has 0 atom stereocenters. The van der Waals surface area contributed by atoms with E-state index < -0.39 is 0 Å². The van der Waals surface area contributed by atoms with Crippen LogP contribution >= 0.6 is 0 Å². The Bertz CT molecular complexity index is 494. The van der Waals surface area contributed by atoms with Gasteiger partial charge in [-0.1, -0.05) is 12.1 Å². The van der Waals surface area contributed by atoms with Gasteiger partial charge in [0.15, 0.2) is 0 Å². The van der Waals surface area contributed by atoms with Crippen LogP contribution in [0, 0.1) is 0 Å². The molecule has 0 radical (unpaired) electrons. The molecule has 2 amide bonds. The molecule has 0 heterocycles. The lowest BCUT2D eigenvalue weighted by molar-refractivity contribution is -0.132. The summed E-state index contributed by atoms with van der Waals surface area (Å²) < 4.78 is 0. The van der Waals surface area contributed by atoms with Gasteiger partial charge < -0.3 is 15.0 Å². The molecule has 0 aliphatic carbocycles. The highest BCUT2D eigenvalue weighted by Crippen LogP contribution is 2.08. The highest BCUT2D eigenvalue weighted by Gasteiger charge is 2.10. The van der Waals surface area contributed by atoms with Crippen LogP contribution in [0.5, 0.6) is 0 Å². The molecule has 108 valence electrons. The molecule has 0 unspecified atom stereocenters. The first-order valence-electron chi connectivity index (χ1n) is 6.48. The van der Waals surface area contributed by atoms with Crippen molar-refractivity contribution in [2.24, 2.45) is 0 Å². The van der Waals surface area contributed by atoms with E-state index in [9.17, 15) is 14.4 Å². The SMILES string of the molecule is CNC(=O)c1ccc(CN(C)C(=O)CCC(C)=O)cc1. The molecule has 0 spiro atoms. The van der Waals surface area contributed by atoms with Crippen molar-refractivity contribution in [1.29, 1.82) is 0 Å². The molecule has 0 saturated heterocycles. The Labute approximate surface area is 119 Å². The third kappa shape index (κ3) is 4.84. The van der Waals surface area contributed by atoms with E-state index in [4.69, 9.17) is 0 Å². The second-order valence-corrected chi connectivity index (χ2v) is 4.73. The molecule has 1 aromatic carbocycles. The van der Waals surface area contributed by atoms with Crippen molar-refractivity contribution in [3.8, 4) is 0 Å². The van der Waals surface area contributed by atoms with Gasteiger partial charge in [0.2, 0.25) is 5.91 Å². The Morgan fingerprint density at radius 3 is 2.20 bits per heavy atom. The minimum Gasteiger partial charge on any atom is -0.355 e. The minimum absolute atomic E-state index is 0.0154. The van der Waals surface area contributed by atoms with Gasteiger partial charge >= 0.3 is 0 Å². The van der Waals surface area contributed by atoms with Gasteiger partial charge in [-0.2, -0.15) is 0 Å². The predicted octanol–water partition coefficient (Wildman–Crippen LogP) is 1.37. The Hall–Kier alpha value is -2.17. The average Bonchev–Trinajstić information content (AvgIpc) is 2.44. The number of Topliss-reactive ketones (excluding diaryl/α,β-unsaturated/α-hetero) is 1. The largest absolute Gasteiger partial charge is 0.355 e. The molecule has 1 N–H and O–H groups in total. The van der Waals surface area contributed by atoms with Crippen LogP contribution in [-0.2, 0) is 16.1 Å². The van der Waals surface area contributed by atoms with E-state index in [0.717, 1.165) is 5.56 Å². The minimum atomic E-state index is -0.137. The second-order valence-electron chi connectivity index (χ2n) is 4.73. The lowest BCUT2D eigenvalue weighted by Crippen LogP contribution is -2.26. The molecule has 0 aromatic heterocycles. The van der Waals surface area contributed by atoms with Crippen LogP contribution in [-0.4, -0.2) is 36.6 Å². The van der Waals surface area contributed by atoms with Crippen LogP contribution in [0.15, 0.2) is 24.3 Å². The highest BCUT2D eigenvalue weighted by molar-refractivity contribution is 5.93. The fourth-order valence-corrected chi connectivity index (χ4v) is 1.74. The first-order chi connectivity index (χ1) is 9.43. The Balaban J connectivity index is 2.57. The van der Waals surface area contributed by atoms with Crippen molar-refractivity contribution in [1.82, 2.24) is 10.2 Å². The van der Waals surface area contributed by atoms with E-state index in [1.54, 1.807) is 31.1 Å². The van der Waals surface area contributed by atoms with Gasteiger partial charge in [-0.05, 0) is 24.6 Å². The normalized spacial score (nSPS) is 9.95. The summed E-state index contributed by atoms with van der Waals surface area (Å²) in [6.45, 7) is 1.94. The van der Waals surface area contributed by atoms with Crippen LogP contribution < -0.4 is 5.32 Å². The third-order valence-corrected chi connectivity index (χ3v) is 2.98. The number of carbonyl (C=O) groups is 3. The van der Waals surface area contributed by atoms with Gasteiger partial charge in [-0.3, -0.25) is 9.59 Å². The third-order valence-electron chi connectivity index (χ3n) is 2.98. The molecule has 0 bridgehead atoms. The van der Waals surface area contributed by atoms with E-state index >= 15 is 0 Å². The Morgan fingerprint density at radius 2 is 1.70 bits per heavy atom. The van der Waals surface area contributed by atoms with Crippen molar-refractivity contribution >= 4 is 17.6 Å². The summed E-state index contributed by atoms with van der Waals surface area (Å²) in [6.07, 6.45) is 0.515. The fraction of sp³-hybridized carbons (Fsp3) is 0.400. The molecular weight excluding hydrogens is 256 g/mol. The number of hydrogen-bond donors (Lipinski definition) is 1. The van der Waals surface area contributed by atoms with Crippen molar-refractivity contribution in [3.63, 3.8) is 0 Å². The van der Waals surface area contributed by atoms with Crippen molar-refractivity contribution in [2.45, 2.75) is 26.3 Å². The van der Waals surface area contributed by atoms with E-state index in [1.807, 2.05) is 12.1 Å². The van der Waals surface area contributed by atoms with Crippen LogP contribution in [0.3, 0.4) is 0 Å². The molecule has 0 aliphatic rings. The summed E-state index contributed by atoms with van der Waals surface area (Å²) >= 11 is 0. The maximum Gasteiger partial charge on any atom is 0.251 e. The maximum atomic E-state index is 11.8. The summed E-state index contributed by atoms with van der Waals surface area (Å²) in [5.41, 5.74) is 1.53. The standard InChI is InChI=1S/C15H20N2O3/c1-11(18)4-9-14(19)17(3)10-12-5-7-13(8-6-12)15(20)16-2/h5-8H,4,9-10H2,1-3H3,(H,16,20). The Kier molecular flexibility index (Phi) is 5.90. The number of rotatable bonds is 6. The molecule has 1 aromatic rings. The first-order valence-corrected chi connectivity index (χ1v) is 6.48. The fourth-order valence-electron chi connectivity index (χ4n) is 1.74. The molecule has 0 aliphatic heterocycles. The van der Waals surface area contributed by atoms with Crippen molar-refractivity contribution in [2.75, 3.05) is 14.1 Å². The smallest absolute Gasteiger partial charge is 0.251 e. The van der Waals surface area contributed by atoms with Crippen LogP contribution in [0.1, 0.15) is 35.7 Å². The van der Waals surface area contributed by atoms with Gasteiger partial charge in [-0.15, -0.1) is 0 Å². The summed E-state index contributed by atoms with van der Waals surface area (Å²) in [5, 5.41) is 2.55. The summed E-state index contributed by atoms with van der Waals surface area (Å²) in [5.74, 6) is -0.181. The van der Waals surface area contributed by atoms with Crippen LogP contribution in [0.2, 0.25) is 0 Å². The quantitative estimate of drug-likeness (QED) is 0.853. The zero-order valence-electron chi connectivity index (χ0n) is 12.1. The number of hydrogen-bond acceptors (Lipinski definition) is 3. The van der Waals surface area contributed by atoms with Gasteiger partial charge in [0, 0.05) is 39.0 Å².